The third kappa shape index (κ3) is 3.60. The Hall–Kier alpha value is -2.85. The highest BCUT2D eigenvalue weighted by Crippen LogP contribution is 2.29. The monoisotopic (exact) mass is 401 g/mol. The van der Waals surface area contributed by atoms with Gasteiger partial charge >= 0.3 is 0 Å². The lowest BCUT2D eigenvalue weighted by molar-refractivity contribution is 0.369. The van der Waals surface area contributed by atoms with Gasteiger partial charge in [0.1, 0.15) is 11.4 Å². The number of aromatic nitrogens is 4. The van der Waals surface area contributed by atoms with Crippen LogP contribution >= 0.6 is 0 Å². The average Bonchev–Trinajstić information content (AvgIpc) is 3.39. The zero-order chi connectivity index (χ0) is 19.6. The van der Waals surface area contributed by atoms with Crippen LogP contribution in [0.25, 0.3) is 11.6 Å². The molecule has 4 rings (SSSR count). The molecule has 0 saturated carbocycles. The van der Waals surface area contributed by atoms with Gasteiger partial charge in [-0.2, -0.15) is 9.29 Å². The smallest absolute Gasteiger partial charge is 0.278 e. The van der Waals surface area contributed by atoms with Crippen LogP contribution in [-0.2, 0) is 16.4 Å². The standard InChI is InChI=1S/C18H19N5O4S/c1-26-14-4-6-15(7-5-14)28(24,25)23-10-2-3-13(23)11-17-21-18(27-22-17)16-12-19-8-9-20-16/h4-9,12-13H,2-3,10-11H2,1H3. The molecule has 0 spiro atoms. The molecule has 146 valence electrons. The third-order valence-corrected chi connectivity index (χ3v) is 6.62. The minimum Gasteiger partial charge on any atom is -0.497 e. The Labute approximate surface area is 162 Å². The fourth-order valence-corrected chi connectivity index (χ4v) is 4.97. The Morgan fingerprint density at radius 3 is 2.79 bits per heavy atom. The Morgan fingerprint density at radius 2 is 2.07 bits per heavy atom. The molecule has 1 aromatic carbocycles. The maximum Gasteiger partial charge on any atom is 0.278 e. The van der Waals surface area contributed by atoms with E-state index in [2.05, 4.69) is 20.1 Å². The van der Waals surface area contributed by atoms with Crippen molar-refractivity contribution in [3.8, 4) is 17.3 Å². The van der Waals surface area contributed by atoms with E-state index in [1.54, 1.807) is 43.8 Å². The highest BCUT2D eigenvalue weighted by Gasteiger charge is 2.36. The minimum absolute atomic E-state index is 0.223. The van der Waals surface area contributed by atoms with E-state index in [0.29, 0.717) is 30.2 Å². The van der Waals surface area contributed by atoms with E-state index in [4.69, 9.17) is 9.26 Å². The SMILES string of the molecule is COc1ccc(S(=O)(=O)N2CCCC2Cc2noc(-c3cnccn3)n2)cc1. The summed E-state index contributed by atoms with van der Waals surface area (Å²) in [5, 5.41) is 3.98. The maximum atomic E-state index is 13.1. The molecule has 2 aromatic heterocycles. The molecule has 1 aliphatic heterocycles. The topological polar surface area (TPSA) is 111 Å². The van der Waals surface area contributed by atoms with Crippen molar-refractivity contribution in [3.05, 3.63) is 48.7 Å². The lowest BCUT2D eigenvalue weighted by Gasteiger charge is -2.23. The molecule has 0 radical (unpaired) electrons. The van der Waals surface area contributed by atoms with Crippen molar-refractivity contribution in [2.75, 3.05) is 13.7 Å². The Bertz CT molecular complexity index is 1040. The van der Waals surface area contributed by atoms with Crippen molar-refractivity contribution in [1.82, 2.24) is 24.4 Å². The normalized spacial score (nSPS) is 17.7. The average molecular weight is 401 g/mol. The van der Waals surface area contributed by atoms with Gasteiger partial charge in [-0.15, -0.1) is 0 Å². The van der Waals surface area contributed by atoms with Crippen LogP contribution in [0.2, 0.25) is 0 Å². The molecule has 9 nitrogen and oxygen atoms in total. The van der Waals surface area contributed by atoms with Crippen LogP contribution in [0, 0.1) is 0 Å². The van der Waals surface area contributed by atoms with Crippen molar-refractivity contribution in [3.63, 3.8) is 0 Å². The summed E-state index contributed by atoms with van der Waals surface area (Å²) >= 11 is 0. The first-order valence-corrected chi connectivity index (χ1v) is 10.3. The molecule has 3 aromatic rings. The number of benzene rings is 1. The minimum atomic E-state index is -3.61. The van der Waals surface area contributed by atoms with Gasteiger partial charge in [0.05, 0.1) is 18.2 Å². The van der Waals surface area contributed by atoms with Crippen LogP contribution in [-0.4, -0.2) is 52.5 Å². The first-order chi connectivity index (χ1) is 13.6. The van der Waals surface area contributed by atoms with E-state index < -0.39 is 10.0 Å². The van der Waals surface area contributed by atoms with Crippen molar-refractivity contribution in [2.24, 2.45) is 0 Å². The Morgan fingerprint density at radius 1 is 1.25 bits per heavy atom. The molecular weight excluding hydrogens is 382 g/mol. The summed E-state index contributed by atoms with van der Waals surface area (Å²) in [6.07, 6.45) is 6.53. The molecule has 1 atom stereocenters. The molecule has 28 heavy (non-hydrogen) atoms. The van der Waals surface area contributed by atoms with E-state index in [-0.39, 0.29) is 16.8 Å². The Kier molecular flexibility index (Phi) is 5.05. The van der Waals surface area contributed by atoms with Gasteiger partial charge in [0, 0.05) is 31.4 Å². The predicted molar refractivity (Wildman–Crippen MR) is 98.9 cm³/mol. The van der Waals surface area contributed by atoms with E-state index >= 15 is 0 Å². The van der Waals surface area contributed by atoms with Crippen LogP contribution in [0.1, 0.15) is 18.7 Å². The highest BCUT2D eigenvalue weighted by molar-refractivity contribution is 7.89. The van der Waals surface area contributed by atoms with Crippen LogP contribution in [0.5, 0.6) is 5.75 Å². The van der Waals surface area contributed by atoms with E-state index in [1.807, 2.05) is 0 Å². The maximum absolute atomic E-state index is 13.1. The molecule has 0 N–H and O–H groups in total. The lowest BCUT2D eigenvalue weighted by atomic mass is 10.1. The fourth-order valence-electron chi connectivity index (χ4n) is 3.27. The molecule has 0 amide bonds. The fraction of sp³-hybridized carbons (Fsp3) is 0.333. The summed E-state index contributed by atoms with van der Waals surface area (Å²) in [7, 11) is -2.07. The molecular formula is C18H19N5O4S. The number of rotatable bonds is 6. The predicted octanol–water partition coefficient (Wildman–Crippen LogP) is 1.93. The summed E-state index contributed by atoms with van der Waals surface area (Å²) in [6, 6.07) is 6.18. The molecule has 10 heteroatoms. The van der Waals surface area contributed by atoms with Crippen molar-refractivity contribution < 1.29 is 17.7 Å². The van der Waals surface area contributed by atoms with Crippen LogP contribution < -0.4 is 4.74 Å². The molecule has 1 aliphatic rings. The zero-order valence-corrected chi connectivity index (χ0v) is 16.0. The van der Waals surface area contributed by atoms with Gasteiger partial charge in [0.15, 0.2) is 5.82 Å². The van der Waals surface area contributed by atoms with Crippen LogP contribution in [0.3, 0.4) is 0 Å². The molecule has 1 fully saturated rings. The second-order valence-corrected chi connectivity index (χ2v) is 8.29. The van der Waals surface area contributed by atoms with E-state index in [0.717, 1.165) is 12.8 Å². The van der Waals surface area contributed by atoms with Gasteiger partial charge in [0.2, 0.25) is 10.0 Å². The Balaban J connectivity index is 1.53. The number of nitrogens with zero attached hydrogens (tertiary/aromatic N) is 5. The lowest BCUT2D eigenvalue weighted by Crippen LogP contribution is -2.37. The van der Waals surface area contributed by atoms with Crippen LogP contribution in [0.15, 0.2) is 52.3 Å². The van der Waals surface area contributed by atoms with Gasteiger partial charge in [-0.25, -0.2) is 13.4 Å². The highest BCUT2D eigenvalue weighted by atomic mass is 32.2. The van der Waals surface area contributed by atoms with E-state index in [9.17, 15) is 8.42 Å². The van der Waals surface area contributed by atoms with Gasteiger partial charge in [-0.1, -0.05) is 5.16 Å². The van der Waals surface area contributed by atoms with Gasteiger partial charge in [0.25, 0.3) is 5.89 Å². The summed E-state index contributed by atoms with van der Waals surface area (Å²) in [5.41, 5.74) is 0.482. The molecule has 1 unspecified atom stereocenters. The second-order valence-electron chi connectivity index (χ2n) is 6.40. The molecule has 0 aliphatic carbocycles. The second kappa shape index (κ2) is 7.64. The third-order valence-electron chi connectivity index (χ3n) is 4.66. The first-order valence-electron chi connectivity index (χ1n) is 8.83. The zero-order valence-electron chi connectivity index (χ0n) is 15.2. The number of sulfonamides is 1. The van der Waals surface area contributed by atoms with E-state index in [1.165, 1.54) is 10.5 Å². The van der Waals surface area contributed by atoms with Crippen molar-refractivity contribution in [1.29, 1.82) is 0 Å². The van der Waals surface area contributed by atoms with Gasteiger partial charge in [-0.05, 0) is 37.1 Å². The number of hydrogen-bond acceptors (Lipinski definition) is 8. The number of methoxy groups -OCH3 is 1. The number of ether oxygens (including phenoxy) is 1. The quantitative estimate of drug-likeness (QED) is 0.616. The molecule has 0 bridgehead atoms. The van der Waals surface area contributed by atoms with Crippen LogP contribution in [0.4, 0.5) is 0 Å². The van der Waals surface area contributed by atoms with Gasteiger partial charge in [-0.3, -0.25) is 4.98 Å². The number of hydrogen-bond donors (Lipinski definition) is 0. The first kappa shape index (κ1) is 18.5. The summed E-state index contributed by atoms with van der Waals surface area (Å²) in [5.74, 6) is 1.33. The van der Waals surface area contributed by atoms with Crippen molar-refractivity contribution in [2.45, 2.75) is 30.2 Å². The van der Waals surface area contributed by atoms with Gasteiger partial charge < -0.3 is 9.26 Å². The molecule has 3 heterocycles. The van der Waals surface area contributed by atoms with Crippen molar-refractivity contribution >= 4 is 10.0 Å². The largest absolute Gasteiger partial charge is 0.497 e. The summed E-state index contributed by atoms with van der Waals surface area (Å²) in [6.45, 7) is 0.466. The molecule has 1 saturated heterocycles. The summed E-state index contributed by atoms with van der Waals surface area (Å²) < 4.78 is 38.0. The summed E-state index contributed by atoms with van der Waals surface area (Å²) in [4.78, 5) is 12.7.